The van der Waals surface area contributed by atoms with Gasteiger partial charge >= 0.3 is 0 Å². The number of hydrogen-bond donors (Lipinski definition) is 2. The van der Waals surface area contributed by atoms with Gasteiger partial charge in [-0.15, -0.1) is 24.0 Å². The highest BCUT2D eigenvalue weighted by Gasteiger charge is 2.13. The second kappa shape index (κ2) is 10.7. The summed E-state index contributed by atoms with van der Waals surface area (Å²) < 4.78 is 5.04. The summed E-state index contributed by atoms with van der Waals surface area (Å²) in [5, 5.41) is 6.66. The van der Waals surface area contributed by atoms with E-state index in [1.54, 1.807) is 14.2 Å². The van der Waals surface area contributed by atoms with E-state index in [-0.39, 0.29) is 24.0 Å². The summed E-state index contributed by atoms with van der Waals surface area (Å²) in [6, 6.07) is 6.75. The zero-order valence-corrected chi connectivity index (χ0v) is 16.7. The number of rotatable bonds is 6. The molecular weight excluding hydrogens is 403 g/mol. The van der Waals surface area contributed by atoms with Gasteiger partial charge in [-0.2, -0.15) is 0 Å². The van der Waals surface area contributed by atoms with Gasteiger partial charge in [-0.1, -0.05) is 12.1 Å². The number of benzene rings is 1. The molecule has 0 aliphatic carbocycles. The Kier molecular flexibility index (Phi) is 9.31. The molecule has 0 bridgehead atoms. The average molecular weight is 432 g/mol. The van der Waals surface area contributed by atoms with Crippen LogP contribution in [-0.2, 0) is 17.7 Å². The van der Waals surface area contributed by atoms with E-state index in [9.17, 15) is 0 Å². The topological polar surface area (TPSA) is 48.9 Å². The van der Waals surface area contributed by atoms with Crippen molar-refractivity contribution in [2.45, 2.75) is 25.8 Å². The highest BCUT2D eigenvalue weighted by Crippen LogP contribution is 2.26. The van der Waals surface area contributed by atoms with Crippen LogP contribution >= 0.6 is 24.0 Å². The van der Waals surface area contributed by atoms with Crippen LogP contribution in [0.1, 0.15) is 24.0 Å². The summed E-state index contributed by atoms with van der Waals surface area (Å²) in [5.41, 5.74) is 4.13. The molecule has 0 fully saturated rings. The number of nitrogens with one attached hydrogen (secondary N) is 2. The first-order valence-corrected chi connectivity index (χ1v) is 8.01. The number of guanidine groups is 1. The smallest absolute Gasteiger partial charge is 0.191 e. The van der Waals surface area contributed by atoms with Gasteiger partial charge in [-0.25, -0.2) is 0 Å². The number of ether oxygens (including phenoxy) is 1. The van der Waals surface area contributed by atoms with Gasteiger partial charge in [0.2, 0.25) is 0 Å². The fourth-order valence-electron chi connectivity index (χ4n) is 2.78. The highest BCUT2D eigenvalue weighted by molar-refractivity contribution is 14.0. The first-order chi connectivity index (χ1) is 10.7. The summed E-state index contributed by atoms with van der Waals surface area (Å²) in [4.78, 5) is 6.59. The van der Waals surface area contributed by atoms with E-state index >= 15 is 0 Å². The normalized spacial score (nSPS) is 14.0. The van der Waals surface area contributed by atoms with Crippen molar-refractivity contribution in [2.75, 3.05) is 45.8 Å². The summed E-state index contributed by atoms with van der Waals surface area (Å²) in [6.45, 7) is 3.58. The molecule has 5 nitrogen and oxygen atoms in total. The van der Waals surface area contributed by atoms with E-state index in [2.05, 4.69) is 45.8 Å². The van der Waals surface area contributed by atoms with Crippen molar-refractivity contribution in [3.05, 3.63) is 29.3 Å². The fourth-order valence-corrected chi connectivity index (χ4v) is 2.78. The summed E-state index contributed by atoms with van der Waals surface area (Å²) in [7, 11) is 5.69. The lowest BCUT2D eigenvalue weighted by Gasteiger charge is -2.28. The molecular formula is C17H29IN4O. The minimum atomic E-state index is 0. The van der Waals surface area contributed by atoms with E-state index in [1.165, 1.54) is 29.7 Å². The van der Waals surface area contributed by atoms with Crippen molar-refractivity contribution in [1.82, 2.24) is 10.6 Å². The summed E-state index contributed by atoms with van der Waals surface area (Å²) in [5.74, 6) is 0.839. The number of hydrogen-bond acceptors (Lipinski definition) is 3. The molecule has 0 aromatic heterocycles. The maximum absolute atomic E-state index is 5.04. The zero-order chi connectivity index (χ0) is 15.8. The molecule has 0 saturated carbocycles. The molecule has 0 radical (unpaired) electrons. The second-order valence-electron chi connectivity index (χ2n) is 5.69. The Morgan fingerprint density at radius 2 is 2.17 bits per heavy atom. The monoisotopic (exact) mass is 432 g/mol. The number of methoxy groups -OCH3 is 1. The van der Waals surface area contributed by atoms with Crippen LogP contribution in [0.4, 0.5) is 5.69 Å². The van der Waals surface area contributed by atoms with Crippen molar-refractivity contribution in [3.63, 3.8) is 0 Å². The minimum absolute atomic E-state index is 0. The summed E-state index contributed by atoms with van der Waals surface area (Å²) in [6.07, 6.45) is 3.39. The van der Waals surface area contributed by atoms with E-state index in [0.29, 0.717) is 0 Å². The molecule has 23 heavy (non-hydrogen) atoms. The van der Waals surface area contributed by atoms with Gasteiger partial charge in [0.1, 0.15) is 0 Å². The predicted octanol–water partition coefficient (Wildman–Crippen LogP) is 2.39. The number of aliphatic imine (C=N–C) groups is 1. The van der Waals surface area contributed by atoms with E-state index in [1.807, 2.05) is 0 Å². The SMILES string of the molecule is CN=C(NCCCOC)NCc1ccc2c(c1)CCCN2C.I. The van der Waals surface area contributed by atoms with Crippen LogP contribution in [0.2, 0.25) is 0 Å². The van der Waals surface area contributed by atoms with Crippen LogP contribution in [0.15, 0.2) is 23.2 Å². The number of aryl methyl sites for hydroxylation is 1. The molecule has 0 unspecified atom stereocenters. The standard InChI is InChI=1S/C17H28N4O.HI/c1-18-17(19-9-5-11-22-3)20-13-14-7-8-16-15(12-14)6-4-10-21(16)2;/h7-8,12H,4-6,9-11,13H2,1-3H3,(H2,18,19,20);1H. The number of nitrogens with zero attached hydrogens (tertiary/aromatic N) is 2. The first-order valence-electron chi connectivity index (χ1n) is 8.01. The van der Waals surface area contributed by atoms with Gasteiger partial charge in [0.15, 0.2) is 5.96 Å². The van der Waals surface area contributed by atoms with Crippen molar-refractivity contribution in [2.24, 2.45) is 4.99 Å². The van der Waals surface area contributed by atoms with E-state index < -0.39 is 0 Å². The van der Waals surface area contributed by atoms with Crippen molar-refractivity contribution in [1.29, 1.82) is 0 Å². The predicted molar refractivity (Wildman–Crippen MR) is 108 cm³/mol. The Morgan fingerprint density at radius 3 is 2.91 bits per heavy atom. The molecule has 1 heterocycles. The van der Waals surface area contributed by atoms with E-state index in [0.717, 1.165) is 38.6 Å². The maximum atomic E-state index is 5.04. The Hall–Kier alpha value is -1.02. The lowest BCUT2D eigenvalue weighted by atomic mass is 9.99. The molecule has 1 aliphatic rings. The third-order valence-corrected chi connectivity index (χ3v) is 4.00. The van der Waals surface area contributed by atoms with Gasteiger partial charge in [-0.3, -0.25) is 4.99 Å². The van der Waals surface area contributed by atoms with Crippen LogP contribution < -0.4 is 15.5 Å². The molecule has 0 atom stereocenters. The Bertz CT molecular complexity index is 507. The molecule has 1 aliphatic heterocycles. The average Bonchev–Trinajstić information content (AvgIpc) is 2.54. The van der Waals surface area contributed by atoms with Crippen LogP contribution in [0.5, 0.6) is 0 Å². The molecule has 1 aromatic carbocycles. The maximum Gasteiger partial charge on any atom is 0.191 e. The minimum Gasteiger partial charge on any atom is -0.385 e. The Balaban J connectivity index is 0.00000264. The van der Waals surface area contributed by atoms with Crippen LogP contribution in [0.3, 0.4) is 0 Å². The van der Waals surface area contributed by atoms with Crippen LogP contribution in [0, 0.1) is 0 Å². The summed E-state index contributed by atoms with van der Waals surface area (Å²) >= 11 is 0. The molecule has 130 valence electrons. The molecule has 6 heteroatoms. The van der Waals surface area contributed by atoms with Gasteiger partial charge in [-0.05, 0) is 36.5 Å². The first kappa shape index (κ1) is 20.0. The fraction of sp³-hybridized carbons (Fsp3) is 0.588. The third-order valence-electron chi connectivity index (χ3n) is 4.00. The quantitative estimate of drug-likeness (QED) is 0.314. The number of halogens is 1. The van der Waals surface area contributed by atoms with Gasteiger partial charge < -0.3 is 20.3 Å². The van der Waals surface area contributed by atoms with Crippen molar-refractivity contribution < 1.29 is 4.74 Å². The number of fused-ring (bicyclic) bond motifs is 1. The lowest BCUT2D eigenvalue weighted by molar-refractivity contribution is 0.195. The lowest BCUT2D eigenvalue weighted by Crippen LogP contribution is -2.37. The second-order valence-corrected chi connectivity index (χ2v) is 5.69. The zero-order valence-electron chi connectivity index (χ0n) is 14.4. The molecule has 0 saturated heterocycles. The third kappa shape index (κ3) is 6.18. The molecule has 2 rings (SSSR count). The highest BCUT2D eigenvalue weighted by atomic mass is 127. The molecule has 2 N–H and O–H groups in total. The Morgan fingerprint density at radius 1 is 1.35 bits per heavy atom. The van der Waals surface area contributed by atoms with Crippen LogP contribution in [-0.4, -0.2) is 46.9 Å². The van der Waals surface area contributed by atoms with Gasteiger partial charge in [0, 0.05) is 53.1 Å². The molecule has 0 spiro atoms. The molecule has 0 amide bonds. The molecule has 1 aromatic rings. The van der Waals surface area contributed by atoms with Crippen molar-refractivity contribution >= 4 is 35.6 Å². The van der Waals surface area contributed by atoms with Gasteiger partial charge in [0.25, 0.3) is 0 Å². The number of anilines is 1. The van der Waals surface area contributed by atoms with Gasteiger partial charge in [0.05, 0.1) is 0 Å². The Labute approximate surface area is 156 Å². The van der Waals surface area contributed by atoms with Crippen LogP contribution in [0.25, 0.3) is 0 Å². The van der Waals surface area contributed by atoms with E-state index in [4.69, 9.17) is 4.74 Å². The largest absolute Gasteiger partial charge is 0.385 e. The van der Waals surface area contributed by atoms with Crippen molar-refractivity contribution in [3.8, 4) is 0 Å².